The summed E-state index contributed by atoms with van der Waals surface area (Å²) in [4.78, 5) is 0. The molecule has 0 aliphatic carbocycles. The summed E-state index contributed by atoms with van der Waals surface area (Å²) in [6.45, 7) is 5.28. The van der Waals surface area contributed by atoms with Crippen LogP contribution in [0, 0.1) is 0 Å². The van der Waals surface area contributed by atoms with Crippen LogP contribution in [0.15, 0.2) is 10.6 Å². The van der Waals surface area contributed by atoms with Crippen LogP contribution < -0.4 is 0 Å². The predicted molar refractivity (Wildman–Crippen MR) is 50.0 cm³/mol. The number of hydrogen-bond donors (Lipinski definition) is 0. The molecule has 1 atom stereocenters. The lowest BCUT2D eigenvalue weighted by atomic mass is 10.3. The molecule has 0 fully saturated rings. The molecule has 0 saturated heterocycles. The van der Waals surface area contributed by atoms with Gasteiger partial charge < -0.3 is 9.47 Å². The first-order chi connectivity index (χ1) is 5.16. The Balaban J connectivity index is 3.37. The Morgan fingerprint density at radius 2 is 2.18 bits per heavy atom. The average molecular weight is 223 g/mol. The summed E-state index contributed by atoms with van der Waals surface area (Å²) >= 11 is 3.33. The molecule has 0 spiro atoms. The summed E-state index contributed by atoms with van der Waals surface area (Å²) < 4.78 is 11.3. The predicted octanol–water partition coefficient (Wildman–Crippen LogP) is 2.34. The van der Waals surface area contributed by atoms with E-state index in [1.54, 1.807) is 7.11 Å². The molecule has 0 radical (unpaired) electrons. The lowest BCUT2D eigenvalue weighted by molar-refractivity contribution is 0.0474. The van der Waals surface area contributed by atoms with Gasteiger partial charge in [-0.1, -0.05) is 15.9 Å². The van der Waals surface area contributed by atoms with Crippen molar-refractivity contribution in [3.05, 3.63) is 10.6 Å². The monoisotopic (exact) mass is 222 g/mol. The first kappa shape index (κ1) is 11.1. The zero-order chi connectivity index (χ0) is 8.69. The van der Waals surface area contributed by atoms with Crippen molar-refractivity contribution in [2.45, 2.75) is 20.0 Å². The molecular weight excluding hydrogens is 208 g/mol. The molecule has 0 N–H and O–H groups in total. The van der Waals surface area contributed by atoms with E-state index < -0.39 is 0 Å². The van der Waals surface area contributed by atoms with E-state index in [4.69, 9.17) is 9.47 Å². The quantitative estimate of drug-likeness (QED) is 0.666. The van der Waals surface area contributed by atoms with Crippen molar-refractivity contribution in [1.82, 2.24) is 0 Å². The summed E-state index contributed by atoms with van der Waals surface area (Å²) in [6.07, 6.45) is 2.17. The molecule has 0 aromatic carbocycles. The maximum absolute atomic E-state index is 5.36. The zero-order valence-electron chi connectivity index (χ0n) is 7.26. The fourth-order valence-corrected chi connectivity index (χ4v) is 1.06. The molecular formula is C8H15BrO2. The first-order valence-corrected chi connectivity index (χ1v) is 4.40. The third-order valence-corrected chi connectivity index (χ3v) is 1.40. The van der Waals surface area contributed by atoms with Gasteiger partial charge in [-0.05, 0) is 24.4 Å². The largest absolute Gasteiger partial charge is 0.382 e. The Labute approximate surface area is 76.7 Å². The molecule has 66 valence electrons. The number of allylic oxidation sites excluding steroid dienone is 1. The summed E-state index contributed by atoms with van der Waals surface area (Å²) in [6, 6.07) is 0. The Bertz CT molecular complexity index is 119. The van der Waals surface area contributed by atoms with Gasteiger partial charge in [-0.3, -0.25) is 0 Å². The maximum atomic E-state index is 5.36. The van der Waals surface area contributed by atoms with E-state index in [9.17, 15) is 0 Å². The van der Waals surface area contributed by atoms with Crippen molar-refractivity contribution in [2.24, 2.45) is 0 Å². The molecule has 0 heterocycles. The number of halogens is 1. The van der Waals surface area contributed by atoms with Crippen LogP contribution in [0.25, 0.3) is 0 Å². The molecule has 1 unspecified atom stereocenters. The molecule has 0 aliphatic rings. The molecule has 0 bridgehead atoms. The summed E-state index contributed by atoms with van der Waals surface area (Å²) in [7, 11) is 1.67. The Morgan fingerprint density at radius 1 is 1.55 bits per heavy atom. The van der Waals surface area contributed by atoms with Gasteiger partial charge in [0.05, 0.1) is 19.3 Å². The fraction of sp³-hybridized carbons (Fsp3) is 0.750. The van der Waals surface area contributed by atoms with Gasteiger partial charge in [-0.15, -0.1) is 0 Å². The third kappa shape index (κ3) is 8.04. The zero-order valence-corrected chi connectivity index (χ0v) is 8.85. The van der Waals surface area contributed by atoms with Gasteiger partial charge in [0.1, 0.15) is 0 Å². The van der Waals surface area contributed by atoms with E-state index in [0.29, 0.717) is 13.2 Å². The van der Waals surface area contributed by atoms with Crippen LogP contribution in [0.5, 0.6) is 0 Å². The average Bonchev–Trinajstić information content (AvgIpc) is 1.86. The first-order valence-electron chi connectivity index (χ1n) is 3.61. The van der Waals surface area contributed by atoms with Crippen LogP contribution in [0.1, 0.15) is 13.8 Å². The molecule has 11 heavy (non-hydrogen) atoms. The number of ether oxygens (including phenoxy) is 2. The van der Waals surface area contributed by atoms with Gasteiger partial charge in [-0.25, -0.2) is 0 Å². The molecule has 0 amide bonds. The van der Waals surface area contributed by atoms with Crippen molar-refractivity contribution < 1.29 is 9.47 Å². The van der Waals surface area contributed by atoms with Crippen molar-refractivity contribution in [3.8, 4) is 0 Å². The van der Waals surface area contributed by atoms with Gasteiger partial charge in [0.25, 0.3) is 0 Å². The van der Waals surface area contributed by atoms with E-state index in [-0.39, 0.29) is 6.10 Å². The topological polar surface area (TPSA) is 18.5 Å². The smallest absolute Gasteiger partial charge is 0.0739 e. The van der Waals surface area contributed by atoms with Gasteiger partial charge in [0, 0.05) is 7.11 Å². The van der Waals surface area contributed by atoms with Gasteiger partial charge in [0.15, 0.2) is 0 Å². The molecule has 2 nitrogen and oxygen atoms in total. The third-order valence-electron chi connectivity index (χ3n) is 1.13. The van der Waals surface area contributed by atoms with E-state index in [1.165, 1.54) is 0 Å². The minimum absolute atomic E-state index is 0.157. The Morgan fingerprint density at radius 3 is 2.64 bits per heavy atom. The van der Waals surface area contributed by atoms with E-state index >= 15 is 0 Å². The number of rotatable bonds is 5. The molecule has 0 saturated carbocycles. The van der Waals surface area contributed by atoms with Crippen LogP contribution in [-0.4, -0.2) is 26.4 Å². The SMILES string of the molecule is COCCOC(C)C=C(C)Br. The van der Waals surface area contributed by atoms with E-state index in [2.05, 4.69) is 15.9 Å². The van der Waals surface area contributed by atoms with E-state index in [0.717, 1.165) is 4.48 Å². The molecule has 0 aromatic heterocycles. The van der Waals surface area contributed by atoms with Crippen molar-refractivity contribution in [3.63, 3.8) is 0 Å². The molecule has 0 aromatic rings. The number of hydrogen-bond acceptors (Lipinski definition) is 2. The van der Waals surface area contributed by atoms with Crippen LogP contribution in [0.2, 0.25) is 0 Å². The minimum Gasteiger partial charge on any atom is -0.382 e. The second kappa shape index (κ2) is 6.83. The number of methoxy groups -OCH3 is 1. The van der Waals surface area contributed by atoms with Gasteiger partial charge >= 0.3 is 0 Å². The Hall–Kier alpha value is 0.140. The summed E-state index contributed by atoms with van der Waals surface area (Å²) in [5.41, 5.74) is 0. The highest BCUT2D eigenvalue weighted by atomic mass is 79.9. The van der Waals surface area contributed by atoms with Gasteiger partial charge in [-0.2, -0.15) is 0 Å². The fourth-order valence-electron chi connectivity index (χ4n) is 0.689. The van der Waals surface area contributed by atoms with Crippen molar-refractivity contribution >= 4 is 15.9 Å². The second-order valence-electron chi connectivity index (χ2n) is 2.32. The van der Waals surface area contributed by atoms with Crippen molar-refractivity contribution in [2.75, 3.05) is 20.3 Å². The molecule has 0 aliphatic heterocycles. The lowest BCUT2D eigenvalue weighted by Gasteiger charge is -2.07. The molecule has 0 rings (SSSR count). The van der Waals surface area contributed by atoms with Crippen molar-refractivity contribution in [1.29, 1.82) is 0 Å². The highest BCUT2D eigenvalue weighted by Gasteiger charge is 1.96. The lowest BCUT2D eigenvalue weighted by Crippen LogP contribution is -2.09. The highest BCUT2D eigenvalue weighted by Crippen LogP contribution is 2.05. The standard InChI is InChI=1S/C8H15BrO2/c1-7(9)6-8(2)11-5-4-10-3/h6,8H,4-5H2,1-3H3. The minimum atomic E-state index is 0.157. The highest BCUT2D eigenvalue weighted by molar-refractivity contribution is 9.11. The van der Waals surface area contributed by atoms with Crippen LogP contribution in [0.3, 0.4) is 0 Å². The van der Waals surface area contributed by atoms with Crippen LogP contribution >= 0.6 is 15.9 Å². The second-order valence-corrected chi connectivity index (χ2v) is 3.57. The normalized spacial score (nSPS) is 15.1. The van der Waals surface area contributed by atoms with Crippen LogP contribution in [0.4, 0.5) is 0 Å². The maximum Gasteiger partial charge on any atom is 0.0739 e. The van der Waals surface area contributed by atoms with Gasteiger partial charge in [0.2, 0.25) is 0 Å². The van der Waals surface area contributed by atoms with E-state index in [1.807, 2.05) is 19.9 Å². The summed E-state index contributed by atoms with van der Waals surface area (Å²) in [5.74, 6) is 0. The summed E-state index contributed by atoms with van der Waals surface area (Å²) in [5, 5.41) is 0. The molecule has 3 heteroatoms. The Kier molecular flexibility index (Phi) is 6.91. The van der Waals surface area contributed by atoms with Crippen LogP contribution in [-0.2, 0) is 9.47 Å².